The van der Waals surface area contributed by atoms with Crippen LogP contribution in [0.4, 0.5) is 0 Å². The molecule has 17 unspecified atom stereocenters. The Morgan fingerprint density at radius 1 is 0.377 bits per heavy atom. The normalized spacial score (nSPS) is 22.4. The molecule has 114 heavy (non-hydrogen) atoms. The Bertz CT molecular complexity index is 2810. The van der Waals surface area contributed by atoms with E-state index in [-0.39, 0.29) is 135 Å². The molecule has 2 saturated heterocycles. The van der Waals surface area contributed by atoms with Crippen molar-refractivity contribution in [3.05, 3.63) is 0 Å². The number of aliphatic hydroxyl groups is 12. The standard InChI is InChI=1S/C73H132N10O31/c1-42(90)49(83-69(106)51(82-61(100)28-13-20-33-108-71(53(37-85)78-46(5)94)112-55(39-87)44(3)92)24-10-16-30-75-59(98)26-12-19-34-109-72-62(79-47(6)95)66(103)64(101)56(40-88)113-72)22-8-17-31-76-68(105)50(81-60(99)27-14-21-35-110-73-63(80-48(7)96)67(104)65(102)57(41-89)114-73)23-9-15-29-74-58(97)25-11-18-32-107-70(52(36-84)77-45(4)93)111-54(38-86)43(2)91/h43-44,49-57,62-67,70-73,84-89,91-92,101-104H,8-41H2,1-7H3,(H,74,97)(H,75,98)(H,76,105)(H,77,93)(H,78,94)(H,79,95)(H,80,96)(H,81,99)(H,82,100)(H,83,106)/t43-,44-,49?,50?,51?,52+,53+,54?,55?,56?,57?,62?,63?,64?,65?,66?,67?,70?,71?,72?,73?/m1/s1. The molecule has 0 aromatic heterocycles. The van der Waals surface area contributed by atoms with Gasteiger partial charge in [-0.1, -0.05) is 0 Å². The monoisotopic (exact) mass is 1640 g/mol. The van der Waals surface area contributed by atoms with Crippen molar-refractivity contribution in [3.8, 4) is 0 Å². The zero-order valence-electron chi connectivity index (χ0n) is 66.8. The number of rotatable bonds is 63. The van der Waals surface area contributed by atoms with E-state index in [1.54, 1.807) is 0 Å². The van der Waals surface area contributed by atoms with Crippen LogP contribution in [0.5, 0.6) is 0 Å². The van der Waals surface area contributed by atoms with E-state index >= 15 is 0 Å². The van der Waals surface area contributed by atoms with Crippen molar-refractivity contribution < 1.29 is 152 Å². The quantitative estimate of drug-likeness (QED) is 0.0199. The second kappa shape index (κ2) is 59.3. The van der Waals surface area contributed by atoms with Crippen molar-refractivity contribution in [1.29, 1.82) is 0 Å². The van der Waals surface area contributed by atoms with E-state index in [4.69, 9.17) is 37.9 Å². The van der Waals surface area contributed by atoms with Crippen LogP contribution in [-0.4, -0.2) is 340 Å². The topological polar surface area (TPSA) is 625 Å². The molecular weight excluding hydrogens is 1510 g/mol. The van der Waals surface area contributed by atoms with E-state index in [1.807, 2.05) is 0 Å². The lowest BCUT2D eigenvalue weighted by molar-refractivity contribution is -0.270. The van der Waals surface area contributed by atoms with Gasteiger partial charge in [0.1, 0.15) is 85.1 Å². The van der Waals surface area contributed by atoms with Crippen molar-refractivity contribution in [3.63, 3.8) is 0 Å². The Morgan fingerprint density at radius 2 is 0.728 bits per heavy atom. The Labute approximate surface area is 665 Å². The minimum atomic E-state index is -1.53. The van der Waals surface area contributed by atoms with Gasteiger partial charge in [-0.05, 0) is 130 Å². The maximum Gasteiger partial charge on any atom is 0.243 e. The SMILES string of the molecule is CC(=O)NC1C(OCCCCC(=O)NCCCCC(NC(=O)CCCCOC(OC(CO)[C@@H](C)O)[C@H](CO)NC(C)=O)C(=O)NC(CCCCNC(=O)C(CCCCNC(=O)CCCCOC(OC(CO)[C@@H](C)O)[C@H](CO)NC(C)=O)NC(=O)CCCCOC2OC(CO)C(O)C(O)C2NC(C)=O)C(C)=O)OC(CO)C(O)C1O. The molecule has 2 heterocycles. The predicted octanol–water partition coefficient (Wildman–Crippen LogP) is -6.31. The number of hydrogen-bond acceptors (Lipinski definition) is 31. The van der Waals surface area contributed by atoms with Crippen LogP contribution in [0.1, 0.15) is 183 Å². The van der Waals surface area contributed by atoms with Gasteiger partial charge in [-0.15, -0.1) is 0 Å². The first-order chi connectivity index (χ1) is 54.2. The Kier molecular flexibility index (Phi) is 53.9. The van der Waals surface area contributed by atoms with E-state index in [0.717, 1.165) is 0 Å². The third-order valence-corrected chi connectivity index (χ3v) is 18.5. The fourth-order valence-corrected chi connectivity index (χ4v) is 12.1. The van der Waals surface area contributed by atoms with Gasteiger partial charge in [-0.2, -0.15) is 0 Å². The summed E-state index contributed by atoms with van der Waals surface area (Å²) < 4.78 is 45.6. The van der Waals surface area contributed by atoms with Gasteiger partial charge in [0.25, 0.3) is 0 Å². The molecule has 10 amide bonds. The Morgan fingerprint density at radius 3 is 1.06 bits per heavy atom. The summed E-state index contributed by atoms with van der Waals surface area (Å²) in [7, 11) is 0. The molecule has 21 atom stereocenters. The zero-order chi connectivity index (χ0) is 85.2. The minimum Gasteiger partial charge on any atom is -0.394 e. The summed E-state index contributed by atoms with van der Waals surface area (Å²) in [5.41, 5.74) is 0. The number of aliphatic hydroxyl groups excluding tert-OH is 12. The molecule has 0 aromatic rings. The third kappa shape index (κ3) is 42.1. The van der Waals surface area contributed by atoms with Gasteiger partial charge in [-0.3, -0.25) is 52.7 Å². The summed E-state index contributed by atoms with van der Waals surface area (Å²) in [4.78, 5) is 141. The molecule has 2 fully saturated rings. The predicted molar refractivity (Wildman–Crippen MR) is 401 cm³/mol. The molecule has 0 saturated carbocycles. The number of amides is 10. The smallest absolute Gasteiger partial charge is 0.243 e. The second-order valence-corrected chi connectivity index (χ2v) is 28.5. The summed E-state index contributed by atoms with van der Waals surface area (Å²) in [6.45, 7) is 5.62. The molecule has 2 aliphatic heterocycles. The van der Waals surface area contributed by atoms with E-state index in [9.17, 15) is 114 Å². The number of hydrogen-bond donors (Lipinski definition) is 22. The summed E-state index contributed by atoms with van der Waals surface area (Å²) in [5, 5.41) is 147. The molecule has 41 heteroatoms. The van der Waals surface area contributed by atoms with Crippen molar-refractivity contribution in [1.82, 2.24) is 53.2 Å². The van der Waals surface area contributed by atoms with Crippen molar-refractivity contribution in [2.24, 2.45) is 0 Å². The maximum absolute atomic E-state index is 14.1. The third-order valence-electron chi connectivity index (χ3n) is 18.5. The van der Waals surface area contributed by atoms with Crippen LogP contribution < -0.4 is 53.2 Å². The van der Waals surface area contributed by atoms with Crippen LogP contribution in [-0.2, 0) is 90.6 Å². The fraction of sp³-hybridized carbons (Fsp3) is 0.849. The summed E-state index contributed by atoms with van der Waals surface area (Å²) in [6.07, 6.45) is -13.3. The van der Waals surface area contributed by atoms with Gasteiger partial charge in [0, 0.05) is 99.4 Å². The van der Waals surface area contributed by atoms with E-state index < -0.39 is 221 Å². The Balaban J connectivity index is 2.16. The number of ether oxygens (including phenoxy) is 8. The lowest BCUT2D eigenvalue weighted by Crippen LogP contribution is -2.64. The van der Waals surface area contributed by atoms with Gasteiger partial charge >= 0.3 is 0 Å². The molecule has 0 spiro atoms. The molecule has 41 nitrogen and oxygen atoms in total. The second-order valence-electron chi connectivity index (χ2n) is 28.5. The summed E-state index contributed by atoms with van der Waals surface area (Å²) in [5.74, 6) is -5.34. The van der Waals surface area contributed by atoms with Crippen LogP contribution in [0.2, 0.25) is 0 Å². The number of Topliss-reactive ketones (excluding diaryl/α,β-unsaturated/α-hetero) is 1. The Hall–Kier alpha value is -6.43. The first-order valence-corrected chi connectivity index (χ1v) is 39.4. The molecule has 2 aliphatic rings. The number of carbonyl (C=O) groups is 11. The number of unbranched alkanes of at least 4 members (excludes halogenated alkanes) is 7. The molecule has 0 radical (unpaired) electrons. The van der Waals surface area contributed by atoms with E-state index in [1.165, 1.54) is 48.5 Å². The molecule has 0 aliphatic carbocycles. The molecule has 22 N–H and O–H groups in total. The fourth-order valence-electron chi connectivity index (χ4n) is 12.1. The lowest BCUT2D eigenvalue weighted by Gasteiger charge is -2.42. The van der Waals surface area contributed by atoms with Gasteiger partial charge < -0.3 is 152 Å². The first kappa shape index (κ1) is 104. The van der Waals surface area contributed by atoms with Gasteiger partial charge in [-0.25, -0.2) is 0 Å². The highest BCUT2D eigenvalue weighted by molar-refractivity contribution is 5.92. The average Bonchev–Trinajstić information content (AvgIpc) is 0.811. The number of nitrogens with one attached hydrogen (secondary N) is 10. The van der Waals surface area contributed by atoms with Gasteiger partial charge in [0.2, 0.25) is 59.1 Å². The van der Waals surface area contributed by atoms with E-state index in [0.29, 0.717) is 57.8 Å². The van der Waals surface area contributed by atoms with Crippen LogP contribution in [0.3, 0.4) is 0 Å². The van der Waals surface area contributed by atoms with Gasteiger partial charge in [0.15, 0.2) is 30.9 Å². The zero-order valence-corrected chi connectivity index (χ0v) is 66.8. The van der Waals surface area contributed by atoms with E-state index in [2.05, 4.69) is 53.2 Å². The van der Waals surface area contributed by atoms with Crippen LogP contribution in [0, 0.1) is 0 Å². The lowest BCUT2D eigenvalue weighted by atomic mass is 9.97. The summed E-state index contributed by atoms with van der Waals surface area (Å²) in [6, 6.07) is -7.69. The maximum atomic E-state index is 14.1. The van der Waals surface area contributed by atoms with Crippen molar-refractivity contribution >= 4 is 64.9 Å². The van der Waals surface area contributed by atoms with Crippen LogP contribution in [0.25, 0.3) is 0 Å². The van der Waals surface area contributed by atoms with Crippen molar-refractivity contribution in [2.45, 2.75) is 312 Å². The van der Waals surface area contributed by atoms with Crippen LogP contribution >= 0.6 is 0 Å². The molecule has 660 valence electrons. The van der Waals surface area contributed by atoms with Crippen molar-refractivity contribution in [2.75, 3.05) is 85.7 Å². The largest absolute Gasteiger partial charge is 0.394 e. The first-order valence-electron chi connectivity index (χ1n) is 39.4. The highest BCUT2D eigenvalue weighted by atomic mass is 16.7. The number of ketones is 1. The minimum absolute atomic E-state index is 0.0252. The van der Waals surface area contributed by atoms with Crippen LogP contribution in [0.15, 0.2) is 0 Å². The molecule has 2 rings (SSSR count). The number of carbonyl (C=O) groups excluding carboxylic acids is 11. The molecular formula is C73H132N10O31. The van der Waals surface area contributed by atoms with Gasteiger partial charge in [0.05, 0.1) is 57.9 Å². The molecule has 0 bridgehead atoms. The average molecular weight is 1650 g/mol. The summed E-state index contributed by atoms with van der Waals surface area (Å²) >= 11 is 0. The highest BCUT2D eigenvalue weighted by Crippen LogP contribution is 2.25. The molecule has 0 aromatic carbocycles. The highest BCUT2D eigenvalue weighted by Gasteiger charge is 2.47.